The van der Waals surface area contributed by atoms with Crippen molar-refractivity contribution in [1.29, 1.82) is 0 Å². The van der Waals surface area contributed by atoms with Crippen LogP contribution in [0, 0.1) is 0 Å². The van der Waals surface area contributed by atoms with Crippen LogP contribution in [-0.2, 0) is 0 Å². The highest BCUT2D eigenvalue weighted by molar-refractivity contribution is 9.09. The van der Waals surface area contributed by atoms with Crippen molar-refractivity contribution in [3.63, 3.8) is 0 Å². The highest BCUT2D eigenvalue weighted by Gasteiger charge is 2.12. The molecule has 142 valence electrons. The van der Waals surface area contributed by atoms with E-state index >= 15 is 0 Å². The van der Waals surface area contributed by atoms with Crippen LogP contribution in [0.1, 0.15) is 96.8 Å². The second-order valence-corrected chi connectivity index (χ2v) is 8.46. The minimum atomic E-state index is 0. The molecular weight excluding hydrogens is 414 g/mol. The summed E-state index contributed by atoms with van der Waals surface area (Å²) in [6.45, 7) is 4.96. The van der Waals surface area contributed by atoms with Gasteiger partial charge in [0.05, 0.1) is 27.2 Å². The topological polar surface area (TPSA) is 0 Å². The summed E-state index contributed by atoms with van der Waals surface area (Å²) in [7, 11) is 4.76. The molecule has 0 rings (SSSR count). The third-order valence-electron chi connectivity index (χ3n) is 4.76. The SMILES string of the molecule is CCCCCCCCCCCCCCC[N+](C)(C)CCCBr.[Br-]. The van der Waals surface area contributed by atoms with Gasteiger partial charge in [-0.05, 0) is 12.8 Å². The van der Waals surface area contributed by atoms with Crippen LogP contribution < -0.4 is 17.0 Å². The first kappa shape index (κ1) is 26.2. The van der Waals surface area contributed by atoms with E-state index in [9.17, 15) is 0 Å². The van der Waals surface area contributed by atoms with Gasteiger partial charge in [-0.25, -0.2) is 0 Å². The molecule has 3 heteroatoms. The molecule has 0 N–H and O–H groups in total. The maximum Gasteiger partial charge on any atom is 0.0790 e. The van der Waals surface area contributed by atoms with Gasteiger partial charge in [0.1, 0.15) is 0 Å². The number of rotatable bonds is 17. The molecule has 0 aromatic heterocycles. The van der Waals surface area contributed by atoms with Crippen LogP contribution in [0.4, 0.5) is 0 Å². The molecule has 0 aromatic rings. The Kier molecular flexibility index (Phi) is 21.9. The molecule has 0 amide bonds. The Morgan fingerprint density at radius 1 is 0.565 bits per heavy atom. The van der Waals surface area contributed by atoms with Gasteiger partial charge in [0.25, 0.3) is 0 Å². The molecule has 0 fully saturated rings. The van der Waals surface area contributed by atoms with Gasteiger partial charge in [-0.2, -0.15) is 0 Å². The van der Waals surface area contributed by atoms with Crippen LogP contribution in [0.2, 0.25) is 0 Å². The van der Waals surface area contributed by atoms with Crippen molar-refractivity contribution in [1.82, 2.24) is 0 Å². The van der Waals surface area contributed by atoms with Gasteiger partial charge in [-0.3, -0.25) is 0 Å². The van der Waals surface area contributed by atoms with Crippen LogP contribution >= 0.6 is 15.9 Å². The molecule has 0 unspecified atom stereocenters. The molecule has 0 aromatic carbocycles. The standard InChI is InChI=1S/C20H43BrN.BrH/c1-4-5-6-7-8-9-10-11-12-13-14-15-16-19-22(2,3)20-17-18-21;/h4-20H2,1-3H3;1H/q+1;/p-1. The third-order valence-corrected chi connectivity index (χ3v) is 5.32. The fourth-order valence-electron chi connectivity index (χ4n) is 3.16. The number of hydrogen-bond donors (Lipinski definition) is 0. The molecular formula is C20H43Br2N. The first-order valence-electron chi connectivity index (χ1n) is 10.0. The Hall–Kier alpha value is 0.920. The van der Waals surface area contributed by atoms with Crippen LogP contribution in [0.3, 0.4) is 0 Å². The Balaban J connectivity index is 0. The molecule has 0 aliphatic rings. The van der Waals surface area contributed by atoms with E-state index in [0.29, 0.717) is 0 Å². The van der Waals surface area contributed by atoms with Crippen LogP contribution in [-0.4, -0.2) is 37.0 Å². The average molecular weight is 457 g/mol. The van der Waals surface area contributed by atoms with Crippen molar-refractivity contribution in [3.05, 3.63) is 0 Å². The Bertz CT molecular complexity index is 220. The van der Waals surface area contributed by atoms with Gasteiger partial charge in [-0.1, -0.05) is 93.5 Å². The molecule has 0 atom stereocenters. The molecule has 23 heavy (non-hydrogen) atoms. The number of alkyl halides is 1. The van der Waals surface area contributed by atoms with E-state index in [1.54, 1.807) is 0 Å². The van der Waals surface area contributed by atoms with Gasteiger partial charge in [-0.15, -0.1) is 0 Å². The van der Waals surface area contributed by atoms with Crippen molar-refractivity contribution in [3.8, 4) is 0 Å². The molecule has 0 spiro atoms. The van der Waals surface area contributed by atoms with Crippen molar-refractivity contribution in [2.45, 2.75) is 96.8 Å². The largest absolute Gasteiger partial charge is 1.00 e. The summed E-state index contributed by atoms with van der Waals surface area (Å²) in [6.07, 6.45) is 20.2. The van der Waals surface area contributed by atoms with E-state index in [-0.39, 0.29) is 17.0 Å². The fourth-order valence-corrected chi connectivity index (χ4v) is 3.41. The lowest BCUT2D eigenvalue weighted by molar-refractivity contribution is -0.890. The molecule has 0 radical (unpaired) electrons. The zero-order chi connectivity index (χ0) is 16.5. The summed E-state index contributed by atoms with van der Waals surface area (Å²) in [5.74, 6) is 0. The zero-order valence-electron chi connectivity index (χ0n) is 16.2. The monoisotopic (exact) mass is 455 g/mol. The van der Waals surface area contributed by atoms with Crippen LogP contribution in [0.25, 0.3) is 0 Å². The normalized spacial score (nSPS) is 11.5. The molecule has 0 saturated carbocycles. The van der Waals surface area contributed by atoms with Gasteiger partial charge >= 0.3 is 0 Å². The first-order chi connectivity index (χ1) is 10.6. The number of quaternary nitrogens is 1. The van der Waals surface area contributed by atoms with Crippen molar-refractivity contribution in [2.75, 3.05) is 32.5 Å². The molecule has 0 heterocycles. The number of unbranched alkanes of at least 4 members (excludes halogenated alkanes) is 12. The lowest BCUT2D eigenvalue weighted by Gasteiger charge is -2.29. The summed E-state index contributed by atoms with van der Waals surface area (Å²) >= 11 is 3.54. The Labute approximate surface area is 166 Å². The fraction of sp³-hybridized carbons (Fsp3) is 1.00. The maximum atomic E-state index is 3.54. The van der Waals surface area contributed by atoms with E-state index in [0.717, 1.165) is 5.33 Å². The number of hydrogen-bond acceptors (Lipinski definition) is 0. The smallest absolute Gasteiger partial charge is 0.0790 e. The third kappa shape index (κ3) is 20.9. The lowest BCUT2D eigenvalue weighted by Crippen LogP contribution is -3.00. The quantitative estimate of drug-likeness (QED) is 0.176. The average Bonchev–Trinajstić information content (AvgIpc) is 2.50. The van der Waals surface area contributed by atoms with E-state index in [1.165, 1.54) is 107 Å². The maximum absolute atomic E-state index is 3.54. The molecule has 0 bridgehead atoms. The van der Waals surface area contributed by atoms with E-state index in [2.05, 4.69) is 36.9 Å². The van der Waals surface area contributed by atoms with E-state index in [1.807, 2.05) is 0 Å². The van der Waals surface area contributed by atoms with Crippen LogP contribution in [0.5, 0.6) is 0 Å². The highest BCUT2D eigenvalue weighted by Crippen LogP contribution is 2.13. The van der Waals surface area contributed by atoms with Gasteiger partial charge in [0.15, 0.2) is 0 Å². The predicted octanol–water partition coefficient (Wildman–Crippen LogP) is 3.94. The number of halogens is 2. The highest BCUT2D eigenvalue weighted by atomic mass is 79.9. The second-order valence-electron chi connectivity index (χ2n) is 7.67. The summed E-state index contributed by atoms with van der Waals surface area (Å²) < 4.78 is 1.20. The second kappa shape index (κ2) is 19.2. The molecule has 0 aliphatic carbocycles. The van der Waals surface area contributed by atoms with Crippen molar-refractivity contribution >= 4 is 15.9 Å². The lowest BCUT2D eigenvalue weighted by atomic mass is 10.0. The molecule has 0 aliphatic heterocycles. The molecule has 0 saturated heterocycles. The Morgan fingerprint density at radius 2 is 0.913 bits per heavy atom. The summed E-state index contributed by atoms with van der Waals surface area (Å²) in [6, 6.07) is 0. The van der Waals surface area contributed by atoms with E-state index < -0.39 is 0 Å². The minimum absolute atomic E-state index is 0. The van der Waals surface area contributed by atoms with Gasteiger partial charge in [0.2, 0.25) is 0 Å². The Morgan fingerprint density at radius 3 is 1.30 bits per heavy atom. The predicted molar refractivity (Wildman–Crippen MR) is 106 cm³/mol. The zero-order valence-corrected chi connectivity index (χ0v) is 19.4. The van der Waals surface area contributed by atoms with Crippen molar-refractivity contribution < 1.29 is 21.5 Å². The molecule has 1 nitrogen and oxygen atoms in total. The van der Waals surface area contributed by atoms with E-state index in [4.69, 9.17) is 0 Å². The van der Waals surface area contributed by atoms with Gasteiger partial charge in [0, 0.05) is 11.8 Å². The van der Waals surface area contributed by atoms with Crippen molar-refractivity contribution in [2.24, 2.45) is 0 Å². The summed E-state index contributed by atoms with van der Waals surface area (Å²) in [4.78, 5) is 0. The summed E-state index contributed by atoms with van der Waals surface area (Å²) in [5, 5.41) is 1.15. The first-order valence-corrected chi connectivity index (χ1v) is 11.1. The van der Waals surface area contributed by atoms with Gasteiger partial charge < -0.3 is 21.5 Å². The summed E-state index contributed by atoms with van der Waals surface area (Å²) in [5.41, 5.74) is 0. The minimum Gasteiger partial charge on any atom is -1.00 e. The number of nitrogens with zero attached hydrogens (tertiary/aromatic N) is 1. The van der Waals surface area contributed by atoms with Crippen LogP contribution in [0.15, 0.2) is 0 Å².